The number of hydroxylamine groups is 1. The molecule has 0 bridgehead atoms. The van der Waals surface area contributed by atoms with Crippen LogP contribution in [0.15, 0.2) is 18.3 Å². The molecule has 1 atom stereocenters. The molecule has 1 aliphatic rings. The molecule has 0 aliphatic carbocycles. The number of benzene rings is 1. The molecule has 1 saturated heterocycles. The number of halogens is 1. The number of carbonyl (C=O) groups excluding carboxylic acids is 1. The highest BCUT2D eigenvalue weighted by Crippen LogP contribution is 2.24. The predicted octanol–water partition coefficient (Wildman–Crippen LogP) is -0.00960. The van der Waals surface area contributed by atoms with Crippen molar-refractivity contribution in [1.82, 2.24) is 15.3 Å². The molecule has 1 unspecified atom stereocenters. The lowest BCUT2D eigenvalue weighted by Crippen LogP contribution is -2.49. The van der Waals surface area contributed by atoms with Crippen molar-refractivity contribution >= 4 is 26.6 Å². The highest BCUT2D eigenvalue weighted by atomic mass is 32.2. The van der Waals surface area contributed by atoms with Crippen molar-refractivity contribution in [3.05, 3.63) is 29.7 Å². The Bertz CT molecular complexity index is 1260. The van der Waals surface area contributed by atoms with Crippen molar-refractivity contribution in [3.8, 4) is 23.7 Å². The molecule has 1 aromatic heterocycles. The summed E-state index contributed by atoms with van der Waals surface area (Å²) in [4.78, 5) is 11.9. The molecule has 1 aromatic carbocycles. The van der Waals surface area contributed by atoms with Crippen LogP contribution in [-0.4, -0.2) is 64.2 Å². The largest absolute Gasteiger partial charge is 0.373 e. The van der Waals surface area contributed by atoms with Crippen LogP contribution in [0.4, 0.5) is 4.39 Å². The molecule has 2 aromatic rings. The van der Waals surface area contributed by atoms with Gasteiger partial charge in [-0.2, -0.15) is 5.10 Å². The van der Waals surface area contributed by atoms with Gasteiger partial charge in [0, 0.05) is 19.0 Å². The maximum absolute atomic E-state index is 14.8. The summed E-state index contributed by atoms with van der Waals surface area (Å²) in [5.41, 5.74) is 0.577. The fraction of sp³-hybridized carbons (Fsp3) is 0.400. The summed E-state index contributed by atoms with van der Waals surface area (Å²) in [5.74, 6) is 8.43. The zero-order valence-corrected chi connectivity index (χ0v) is 17.6. The molecular formula is C20H20FN3O6S. The molecule has 1 amide bonds. The van der Waals surface area contributed by atoms with Gasteiger partial charge >= 0.3 is 0 Å². The second kappa shape index (κ2) is 8.29. The number of hydrogen-bond acceptors (Lipinski definition) is 7. The first-order chi connectivity index (χ1) is 14.5. The SMILES string of the molecule is CC(CCn1cc2c(F)c(C#CC#CC3(O)COC3)ccc2n1)(C(=O)NO)S(C)(=O)=O. The number of aliphatic hydroxyl groups is 1. The number of aryl methyl sites for hydroxylation is 1. The quantitative estimate of drug-likeness (QED) is 0.332. The lowest BCUT2D eigenvalue weighted by atomic mass is 10.0. The number of sulfone groups is 1. The second-order valence-electron chi connectivity index (χ2n) is 7.47. The third kappa shape index (κ3) is 4.55. The van der Waals surface area contributed by atoms with Gasteiger partial charge in [-0.1, -0.05) is 0 Å². The van der Waals surface area contributed by atoms with E-state index in [1.165, 1.54) is 29.3 Å². The average Bonchev–Trinajstić information content (AvgIpc) is 3.12. The smallest absolute Gasteiger partial charge is 0.264 e. The van der Waals surface area contributed by atoms with Gasteiger partial charge in [-0.3, -0.25) is 14.7 Å². The third-order valence-electron chi connectivity index (χ3n) is 5.13. The fourth-order valence-electron chi connectivity index (χ4n) is 2.85. The Morgan fingerprint density at radius 3 is 2.71 bits per heavy atom. The van der Waals surface area contributed by atoms with Crippen LogP contribution in [0.1, 0.15) is 18.9 Å². The van der Waals surface area contributed by atoms with Crippen molar-refractivity contribution in [2.75, 3.05) is 19.5 Å². The summed E-state index contributed by atoms with van der Waals surface area (Å²) in [6, 6.07) is 2.99. The normalized spacial score (nSPS) is 16.8. The second-order valence-corrected chi connectivity index (χ2v) is 9.92. The highest BCUT2D eigenvalue weighted by Gasteiger charge is 2.43. The molecule has 9 nitrogen and oxygen atoms in total. The van der Waals surface area contributed by atoms with Crippen LogP contribution >= 0.6 is 0 Å². The number of amides is 1. The Labute approximate surface area is 178 Å². The number of ether oxygens (including phenoxy) is 1. The van der Waals surface area contributed by atoms with E-state index in [4.69, 9.17) is 9.94 Å². The first-order valence-corrected chi connectivity index (χ1v) is 11.0. The van der Waals surface area contributed by atoms with E-state index in [1.54, 1.807) is 6.07 Å². The summed E-state index contributed by atoms with van der Waals surface area (Å²) >= 11 is 0. The summed E-state index contributed by atoms with van der Waals surface area (Å²) in [6.45, 7) is 1.40. The van der Waals surface area contributed by atoms with Gasteiger partial charge < -0.3 is 9.84 Å². The maximum Gasteiger partial charge on any atom is 0.264 e. The van der Waals surface area contributed by atoms with Crippen LogP contribution in [0.25, 0.3) is 10.9 Å². The van der Waals surface area contributed by atoms with E-state index in [2.05, 4.69) is 28.8 Å². The third-order valence-corrected chi connectivity index (χ3v) is 7.15. The minimum absolute atomic E-state index is 0.0156. The van der Waals surface area contributed by atoms with E-state index >= 15 is 0 Å². The van der Waals surface area contributed by atoms with E-state index < -0.39 is 31.9 Å². The number of nitrogens with zero attached hydrogens (tertiary/aromatic N) is 2. The molecule has 11 heteroatoms. The first kappa shape index (κ1) is 22.7. The summed E-state index contributed by atoms with van der Waals surface area (Å²) < 4.78 is 43.2. The number of hydrogen-bond donors (Lipinski definition) is 3. The van der Waals surface area contributed by atoms with Crippen LogP contribution in [0.2, 0.25) is 0 Å². The molecule has 1 fully saturated rings. The molecule has 164 valence electrons. The maximum atomic E-state index is 14.8. The van der Waals surface area contributed by atoms with Gasteiger partial charge in [0.25, 0.3) is 5.91 Å². The van der Waals surface area contributed by atoms with Gasteiger partial charge in [0.1, 0.15) is 5.82 Å². The van der Waals surface area contributed by atoms with Crippen molar-refractivity contribution in [3.63, 3.8) is 0 Å². The molecule has 3 rings (SSSR count). The van der Waals surface area contributed by atoms with E-state index in [9.17, 15) is 22.7 Å². The van der Waals surface area contributed by atoms with Crippen molar-refractivity contribution in [2.45, 2.75) is 30.2 Å². The van der Waals surface area contributed by atoms with E-state index in [0.717, 1.165) is 6.26 Å². The van der Waals surface area contributed by atoms with Gasteiger partial charge in [-0.05, 0) is 49.2 Å². The van der Waals surface area contributed by atoms with E-state index in [-0.39, 0.29) is 37.1 Å². The number of nitrogens with one attached hydrogen (secondary N) is 1. The van der Waals surface area contributed by atoms with Gasteiger partial charge in [0.15, 0.2) is 20.2 Å². The number of rotatable bonds is 5. The minimum Gasteiger partial charge on any atom is -0.373 e. The molecule has 0 saturated carbocycles. The monoisotopic (exact) mass is 449 g/mol. The van der Waals surface area contributed by atoms with Gasteiger partial charge in [0.2, 0.25) is 0 Å². The number of carbonyl (C=O) groups is 1. The topological polar surface area (TPSA) is 131 Å². The van der Waals surface area contributed by atoms with Crippen LogP contribution in [-0.2, 0) is 25.9 Å². The van der Waals surface area contributed by atoms with E-state index in [0.29, 0.717) is 5.52 Å². The van der Waals surface area contributed by atoms with Crippen LogP contribution in [0.3, 0.4) is 0 Å². The Kier molecular flexibility index (Phi) is 6.07. The molecule has 0 spiro atoms. The summed E-state index contributed by atoms with van der Waals surface area (Å²) in [6.07, 6.45) is 2.09. The van der Waals surface area contributed by atoms with Crippen molar-refractivity contribution in [2.24, 2.45) is 0 Å². The van der Waals surface area contributed by atoms with Crippen LogP contribution in [0, 0.1) is 29.5 Å². The van der Waals surface area contributed by atoms with Crippen molar-refractivity contribution < 1.29 is 32.7 Å². The molecule has 0 radical (unpaired) electrons. The van der Waals surface area contributed by atoms with Gasteiger partial charge in [-0.15, -0.1) is 0 Å². The molecule has 1 aliphatic heterocycles. The Hall–Kier alpha value is -2.96. The summed E-state index contributed by atoms with van der Waals surface area (Å²) in [7, 11) is -3.86. The van der Waals surface area contributed by atoms with E-state index in [1.807, 2.05) is 0 Å². The fourth-order valence-corrected chi connectivity index (χ4v) is 3.69. The summed E-state index contributed by atoms with van der Waals surface area (Å²) in [5, 5.41) is 23.0. The zero-order chi connectivity index (χ0) is 22.9. The zero-order valence-electron chi connectivity index (χ0n) is 16.8. The first-order valence-electron chi connectivity index (χ1n) is 9.12. The minimum atomic E-state index is -3.86. The van der Waals surface area contributed by atoms with Gasteiger partial charge in [-0.25, -0.2) is 18.3 Å². The molecule has 31 heavy (non-hydrogen) atoms. The van der Waals surface area contributed by atoms with Crippen LogP contribution < -0.4 is 5.48 Å². The van der Waals surface area contributed by atoms with Crippen LogP contribution in [0.5, 0.6) is 0 Å². The lowest BCUT2D eigenvalue weighted by Gasteiger charge is -2.30. The highest BCUT2D eigenvalue weighted by molar-refractivity contribution is 7.92. The molecule has 2 heterocycles. The van der Waals surface area contributed by atoms with Crippen molar-refractivity contribution in [1.29, 1.82) is 0 Å². The van der Waals surface area contributed by atoms with Gasteiger partial charge in [0.05, 0.1) is 29.7 Å². The Morgan fingerprint density at radius 2 is 2.13 bits per heavy atom. The predicted molar refractivity (Wildman–Crippen MR) is 108 cm³/mol. The standard InChI is InChI=1S/C20H20FN3O6S/c1-19(18(25)23-27,31(2,28)29)9-10-24-11-15-16(22-24)7-6-14(17(15)21)5-3-4-8-20(26)12-30-13-20/h6-7,11,26-27H,9-10,12-13H2,1-2H3,(H,23,25). The molecule has 3 N–H and O–H groups in total. The lowest BCUT2D eigenvalue weighted by molar-refractivity contribution is -0.140. The number of fused-ring (bicyclic) bond motifs is 1. The number of aromatic nitrogens is 2. The average molecular weight is 449 g/mol. The molecular weight excluding hydrogens is 429 g/mol. The Balaban J connectivity index is 1.82. The Morgan fingerprint density at radius 1 is 1.42 bits per heavy atom.